The van der Waals surface area contributed by atoms with Crippen LogP contribution in [0.25, 0.3) is 0 Å². The summed E-state index contributed by atoms with van der Waals surface area (Å²) in [4.78, 5) is 0.958. The van der Waals surface area contributed by atoms with Crippen molar-refractivity contribution < 1.29 is 4.39 Å². The smallest absolute Gasteiger partial charge is 0.124 e. The van der Waals surface area contributed by atoms with Crippen molar-refractivity contribution >= 4 is 17.4 Å². The average molecular weight is 247 g/mol. The average Bonchev–Trinajstić information content (AvgIpc) is 2.32. The molecule has 2 aromatic rings. The van der Waals surface area contributed by atoms with Crippen molar-refractivity contribution in [1.82, 2.24) is 0 Å². The van der Waals surface area contributed by atoms with Gasteiger partial charge in [0, 0.05) is 16.3 Å². The topological polar surface area (TPSA) is 26.0 Å². The summed E-state index contributed by atoms with van der Waals surface area (Å²) in [6.45, 7) is 0. The summed E-state index contributed by atoms with van der Waals surface area (Å²) in [7, 11) is 0. The fraction of sp³-hybridized carbons (Fsp3) is 0.143. The predicted octanol–water partition coefficient (Wildman–Crippen LogP) is 3.74. The van der Waals surface area contributed by atoms with Crippen molar-refractivity contribution in [3.8, 4) is 0 Å². The fourth-order valence-corrected chi connectivity index (χ4v) is 2.53. The Kier molecular flexibility index (Phi) is 4.04. The molecule has 0 aromatic heterocycles. The SMILES string of the molecule is Nc1ccccc1CCSc1cccc(F)c1. The number of benzene rings is 2. The quantitative estimate of drug-likeness (QED) is 0.658. The van der Waals surface area contributed by atoms with Gasteiger partial charge in [0.2, 0.25) is 0 Å². The van der Waals surface area contributed by atoms with E-state index in [0.717, 1.165) is 28.3 Å². The number of nitrogen functional groups attached to an aromatic ring is 1. The number of para-hydroxylation sites is 1. The third kappa shape index (κ3) is 3.49. The van der Waals surface area contributed by atoms with E-state index < -0.39 is 0 Å². The molecule has 0 saturated heterocycles. The molecule has 2 N–H and O–H groups in total. The number of nitrogens with two attached hydrogens (primary N) is 1. The summed E-state index contributed by atoms with van der Waals surface area (Å²) >= 11 is 1.64. The molecule has 1 nitrogen and oxygen atoms in total. The highest BCUT2D eigenvalue weighted by Crippen LogP contribution is 2.21. The van der Waals surface area contributed by atoms with Crippen LogP contribution in [0.15, 0.2) is 53.4 Å². The standard InChI is InChI=1S/C14H14FNS/c15-12-5-3-6-13(10-12)17-9-8-11-4-1-2-7-14(11)16/h1-7,10H,8-9,16H2. The van der Waals surface area contributed by atoms with Crippen LogP contribution in [-0.4, -0.2) is 5.75 Å². The van der Waals surface area contributed by atoms with Gasteiger partial charge in [-0.1, -0.05) is 24.3 Å². The van der Waals surface area contributed by atoms with Gasteiger partial charge in [-0.25, -0.2) is 4.39 Å². The third-order valence-corrected chi connectivity index (χ3v) is 3.49. The number of thioether (sulfide) groups is 1. The Hall–Kier alpha value is -1.48. The van der Waals surface area contributed by atoms with Gasteiger partial charge in [0.05, 0.1) is 0 Å². The minimum absolute atomic E-state index is 0.186. The maximum absolute atomic E-state index is 12.9. The first-order chi connectivity index (χ1) is 8.25. The first-order valence-electron chi connectivity index (χ1n) is 5.47. The maximum atomic E-state index is 12.9. The van der Waals surface area contributed by atoms with Gasteiger partial charge >= 0.3 is 0 Å². The Labute approximate surface area is 105 Å². The Morgan fingerprint density at radius 1 is 1.06 bits per heavy atom. The van der Waals surface area contributed by atoms with Crippen LogP contribution in [0.2, 0.25) is 0 Å². The van der Waals surface area contributed by atoms with E-state index in [-0.39, 0.29) is 5.82 Å². The number of rotatable bonds is 4. The van der Waals surface area contributed by atoms with Crippen LogP contribution in [0.3, 0.4) is 0 Å². The van der Waals surface area contributed by atoms with Crippen LogP contribution in [0.1, 0.15) is 5.56 Å². The summed E-state index contributed by atoms with van der Waals surface area (Å²) in [5.41, 5.74) is 7.83. The largest absolute Gasteiger partial charge is 0.399 e. The molecule has 0 unspecified atom stereocenters. The summed E-state index contributed by atoms with van der Waals surface area (Å²) in [5, 5.41) is 0. The van der Waals surface area contributed by atoms with Crippen LogP contribution < -0.4 is 5.73 Å². The fourth-order valence-electron chi connectivity index (χ4n) is 1.60. The van der Waals surface area contributed by atoms with Crippen molar-refractivity contribution in [3.05, 3.63) is 59.9 Å². The molecule has 0 spiro atoms. The molecule has 2 aromatic carbocycles. The van der Waals surface area contributed by atoms with E-state index in [1.165, 1.54) is 6.07 Å². The Morgan fingerprint density at radius 2 is 1.88 bits per heavy atom. The lowest BCUT2D eigenvalue weighted by Crippen LogP contribution is -1.95. The molecule has 0 aliphatic carbocycles. The van der Waals surface area contributed by atoms with Gasteiger partial charge in [-0.2, -0.15) is 0 Å². The zero-order valence-corrected chi connectivity index (χ0v) is 10.2. The number of hydrogen-bond donors (Lipinski definition) is 1. The van der Waals surface area contributed by atoms with Gasteiger partial charge in [0.15, 0.2) is 0 Å². The zero-order chi connectivity index (χ0) is 12.1. The number of halogens is 1. The van der Waals surface area contributed by atoms with E-state index in [1.54, 1.807) is 23.9 Å². The lowest BCUT2D eigenvalue weighted by atomic mass is 10.1. The van der Waals surface area contributed by atoms with Crippen LogP contribution in [0.5, 0.6) is 0 Å². The van der Waals surface area contributed by atoms with Crippen molar-refractivity contribution in [1.29, 1.82) is 0 Å². The Balaban J connectivity index is 1.90. The molecule has 2 rings (SSSR count). The monoisotopic (exact) mass is 247 g/mol. The van der Waals surface area contributed by atoms with Crippen LogP contribution in [-0.2, 0) is 6.42 Å². The van der Waals surface area contributed by atoms with Gasteiger partial charge < -0.3 is 5.73 Å². The highest BCUT2D eigenvalue weighted by atomic mass is 32.2. The summed E-state index contributed by atoms with van der Waals surface area (Å²) in [6.07, 6.45) is 0.897. The minimum Gasteiger partial charge on any atom is -0.399 e. The molecule has 0 atom stereocenters. The molecule has 0 heterocycles. The summed E-state index contributed by atoms with van der Waals surface area (Å²) in [6, 6.07) is 14.5. The molecule has 0 radical (unpaired) electrons. The van der Waals surface area contributed by atoms with Crippen molar-refractivity contribution in [3.63, 3.8) is 0 Å². The summed E-state index contributed by atoms with van der Waals surface area (Å²) < 4.78 is 12.9. The van der Waals surface area contributed by atoms with E-state index in [0.29, 0.717) is 0 Å². The van der Waals surface area contributed by atoms with Gasteiger partial charge in [0.25, 0.3) is 0 Å². The number of hydrogen-bond acceptors (Lipinski definition) is 2. The van der Waals surface area contributed by atoms with Gasteiger partial charge in [-0.05, 0) is 36.2 Å². The second kappa shape index (κ2) is 5.73. The third-order valence-electron chi connectivity index (χ3n) is 2.49. The second-order valence-corrected chi connectivity index (χ2v) is 4.92. The molecule has 88 valence electrons. The molecular weight excluding hydrogens is 233 g/mol. The van der Waals surface area contributed by atoms with Crippen molar-refractivity contribution in [2.75, 3.05) is 11.5 Å². The molecule has 0 aliphatic heterocycles. The van der Waals surface area contributed by atoms with E-state index in [9.17, 15) is 4.39 Å². The first-order valence-corrected chi connectivity index (χ1v) is 6.46. The maximum Gasteiger partial charge on any atom is 0.124 e. The Morgan fingerprint density at radius 3 is 2.65 bits per heavy atom. The Bertz CT molecular complexity index is 499. The highest BCUT2D eigenvalue weighted by Gasteiger charge is 1.99. The molecule has 17 heavy (non-hydrogen) atoms. The van der Waals surface area contributed by atoms with E-state index in [4.69, 9.17) is 5.73 Å². The molecule has 0 saturated carbocycles. The number of aryl methyl sites for hydroxylation is 1. The predicted molar refractivity (Wildman–Crippen MR) is 71.7 cm³/mol. The second-order valence-electron chi connectivity index (χ2n) is 3.75. The van der Waals surface area contributed by atoms with E-state index in [1.807, 2.05) is 30.3 Å². The molecule has 3 heteroatoms. The van der Waals surface area contributed by atoms with E-state index >= 15 is 0 Å². The van der Waals surface area contributed by atoms with Gasteiger partial charge in [-0.3, -0.25) is 0 Å². The molecule has 0 aliphatic rings. The highest BCUT2D eigenvalue weighted by molar-refractivity contribution is 7.99. The van der Waals surface area contributed by atoms with Crippen molar-refractivity contribution in [2.45, 2.75) is 11.3 Å². The van der Waals surface area contributed by atoms with Gasteiger partial charge in [-0.15, -0.1) is 11.8 Å². The van der Waals surface area contributed by atoms with Gasteiger partial charge in [0.1, 0.15) is 5.82 Å². The normalized spacial score (nSPS) is 10.4. The lowest BCUT2D eigenvalue weighted by molar-refractivity contribution is 0.624. The van der Waals surface area contributed by atoms with E-state index in [2.05, 4.69) is 0 Å². The number of anilines is 1. The lowest BCUT2D eigenvalue weighted by Gasteiger charge is -2.05. The zero-order valence-electron chi connectivity index (χ0n) is 9.40. The summed E-state index contributed by atoms with van der Waals surface area (Å²) in [5.74, 6) is 0.715. The molecule has 0 amide bonds. The molecule has 0 bridgehead atoms. The van der Waals surface area contributed by atoms with Crippen molar-refractivity contribution in [2.24, 2.45) is 0 Å². The molecule has 0 fully saturated rings. The first kappa shape index (κ1) is 12.0. The minimum atomic E-state index is -0.186. The van der Waals surface area contributed by atoms with Crippen LogP contribution in [0.4, 0.5) is 10.1 Å². The molecular formula is C14H14FNS. The van der Waals surface area contributed by atoms with Crippen LogP contribution >= 0.6 is 11.8 Å². The van der Waals surface area contributed by atoms with Crippen LogP contribution in [0, 0.1) is 5.82 Å².